The summed E-state index contributed by atoms with van der Waals surface area (Å²) in [5.41, 5.74) is 1.06. The second-order valence-electron chi connectivity index (χ2n) is 3.24. The molecule has 0 saturated carbocycles. The Hall–Kier alpha value is -2.68. The third kappa shape index (κ3) is 3.14. The van der Waals surface area contributed by atoms with Crippen molar-refractivity contribution in [2.45, 2.75) is 6.54 Å². The van der Waals surface area contributed by atoms with Crippen molar-refractivity contribution in [3.8, 4) is 6.19 Å². The number of nitrogens with one attached hydrogen (secondary N) is 2. The van der Waals surface area contributed by atoms with Crippen molar-refractivity contribution in [2.75, 3.05) is 10.6 Å². The summed E-state index contributed by atoms with van der Waals surface area (Å²) in [7, 11) is 0. The van der Waals surface area contributed by atoms with Crippen molar-refractivity contribution in [1.82, 2.24) is 15.0 Å². The van der Waals surface area contributed by atoms with Crippen molar-refractivity contribution in [3.05, 3.63) is 42.5 Å². The van der Waals surface area contributed by atoms with Crippen LogP contribution in [0.15, 0.2) is 36.9 Å². The molecule has 0 aliphatic heterocycles. The number of pyridine rings is 1. The van der Waals surface area contributed by atoms with E-state index in [4.69, 9.17) is 5.26 Å². The monoisotopic (exact) mass is 226 g/mol. The molecule has 2 aromatic heterocycles. The lowest BCUT2D eigenvalue weighted by Crippen LogP contribution is -2.03. The van der Waals surface area contributed by atoms with Crippen LogP contribution in [0.3, 0.4) is 0 Å². The highest BCUT2D eigenvalue weighted by atomic mass is 15.1. The van der Waals surface area contributed by atoms with E-state index in [1.165, 1.54) is 6.33 Å². The van der Waals surface area contributed by atoms with Crippen LogP contribution < -0.4 is 10.6 Å². The minimum Gasteiger partial charge on any atom is -0.366 e. The molecule has 2 heterocycles. The lowest BCUT2D eigenvalue weighted by Gasteiger charge is -2.05. The van der Waals surface area contributed by atoms with E-state index < -0.39 is 0 Å². The van der Waals surface area contributed by atoms with Gasteiger partial charge in [0.25, 0.3) is 0 Å². The van der Waals surface area contributed by atoms with Crippen LogP contribution in [0.25, 0.3) is 0 Å². The number of hydrogen-bond donors (Lipinski definition) is 2. The fraction of sp³-hybridized carbons (Fsp3) is 0.0909. The molecule has 0 atom stereocenters. The van der Waals surface area contributed by atoms with Crippen LogP contribution >= 0.6 is 0 Å². The topological polar surface area (TPSA) is 86.5 Å². The Labute approximate surface area is 98.4 Å². The van der Waals surface area contributed by atoms with E-state index in [2.05, 4.69) is 25.6 Å². The van der Waals surface area contributed by atoms with E-state index in [1.54, 1.807) is 24.7 Å². The summed E-state index contributed by atoms with van der Waals surface area (Å²) in [6, 6.07) is 5.51. The first-order valence-corrected chi connectivity index (χ1v) is 4.98. The molecule has 6 nitrogen and oxygen atoms in total. The van der Waals surface area contributed by atoms with Gasteiger partial charge in [0.1, 0.15) is 18.0 Å². The van der Waals surface area contributed by atoms with Gasteiger partial charge in [-0.1, -0.05) is 6.07 Å². The zero-order valence-corrected chi connectivity index (χ0v) is 8.96. The van der Waals surface area contributed by atoms with Gasteiger partial charge < -0.3 is 5.32 Å². The van der Waals surface area contributed by atoms with Crippen LogP contribution in [0.4, 0.5) is 11.6 Å². The van der Waals surface area contributed by atoms with Crippen molar-refractivity contribution in [2.24, 2.45) is 0 Å². The fourth-order valence-electron chi connectivity index (χ4n) is 1.27. The van der Waals surface area contributed by atoms with Gasteiger partial charge in [-0.2, -0.15) is 5.26 Å². The van der Waals surface area contributed by atoms with Gasteiger partial charge in [-0.15, -0.1) is 0 Å². The molecule has 0 amide bonds. The SMILES string of the molecule is N#CNc1cc(NCc2cccnc2)ncn1. The molecule has 0 aliphatic carbocycles. The van der Waals surface area contributed by atoms with Gasteiger partial charge in [0.15, 0.2) is 6.19 Å². The Morgan fingerprint density at radius 3 is 2.94 bits per heavy atom. The Kier molecular flexibility index (Phi) is 3.45. The highest BCUT2D eigenvalue weighted by molar-refractivity contribution is 5.48. The molecule has 2 aromatic rings. The summed E-state index contributed by atoms with van der Waals surface area (Å²) in [4.78, 5) is 11.9. The van der Waals surface area contributed by atoms with Crippen LogP contribution in [0.1, 0.15) is 5.56 Å². The van der Waals surface area contributed by atoms with Gasteiger partial charge in [-0.25, -0.2) is 9.97 Å². The van der Waals surface area contributed by atoms with Crippen LogP contribution in [-0.2, 0) is 6.54 Å². The van der Waals surface area contributed by atoms with Gasteiger partial charge in [-0.3, -0.25) is 10.3 Å². The molecule has 0 radical (unpaired) electrons. The number of nitriles is 1. The first-order chi connectivity index (χ1) is 8.38. The minimum absolute atomic E-state index is 0.469. The van der Waals surface area contributed by atoms with Gasteiger partial charge in [-0.05, 0) is 11.6 Å². The minimum atomic E-state index is 0.469. The number of nitrogens with zero attached hydrogens (tertiary/aromatic N) is 4. The first-order valence-electron chi connectivity index (χ1n) is 4.98. The largest absolute Gasteiger partial charge is 0.366 e. The standard InChI is InChI=1S/C11H10N6/c12-7-15-11-4-10(16-8-17-11)14-6-9-2-1-3-13-5-9/h1-5,8H,6H2,(H2,14,15,16,17). The molecule has 2 N–H and O–H groups in total. The maximum Gasteiger partial charge on any atom is 0.182 e. The van der Waals surface area contributed by atoms with Crippen LogP contribution in [-0.4, -0.2) is 15.0 Å². The highest BCUT2D eigenvalue weighted by Gasteiger charge is 1.98. The summed E-state index contributed by atoms with van der Waals surface area (Å²) in [5, 5.41) is 14.0. The molecule has 84 valence electrons. The lowest BCUT2D eigenvalue weighted by molar-refractivity contribution is 1.07. The third-order valence-corrected chi connectivity index (χ3v) is 2.05. The molecule has 17 heavy (non-hydrogen) atoms. The molecule has 0 fully saturated rings. The van der Waals surface area contributed by atoms with Gasteiger partial charge in [0.05, 0.1) is 0 Å². The van der Waals surface area contributed by atoms with Crippen LogP contribution in [0, 0.1) is 11.5 Å². The maximum absolute atomic E-state index is 8.47. The van der Waals surface area contributed by atoms with Gasteiger partial charge in [0.2, 0.25) is 0 Å². The predicted octanol–water partition coefficient (Wildman–Crippen LogP) is 1.38. The summed E-state index contributed by atoms with van der Waals surface area (Å²) < 4.78 is 0. The van der Waals surface area contributed by atoms with Crippen molar-refractivity contribution >= 4 is 11.6 Å². The van der Waals surface area contributed by atoms with Crippen molar-refractivity contribution in [1.29, 1.82) is 5.26 Å². The first kappa shape index (κ1) is 10.8. The molecule has 2 rings (SSSR count). The Morgan fingerprint density at radius 2 is 2.18 bits per heavy atom. The molecule has 0 aromatic carbocycles. The Morgan fingerprint density at radius 1 is 1.29 bits per heavy atom. The number of aromatic nitrogens is 3. The van der Waals surface area contributed by atoms with E-state index in [0.29, 0.717) is 18.2 Å². The van der Waals surface area contributed by atoms with Crippen molar-refractivity contribution < 1.29 is 0 Å². The summed E-state index contributed by atoms with van der Waals surface area (Å²) in [6.45, 7) is 0.622. The number of rotatable bonds is 4. The smallest absolute Gasteiger partial charge is 0.182 e. The number of hydrogen-bond acceptors (Lipinski definition) is 6. The number of anilines is 2. The molecule has 0 unspecified atom stereocenters. The average molecular weight is 226 g/mol. The normalized spacial score (nSPS) is 9.35. The summed E-state index contributed by atoms with van der Waals surface area (Å²) >= 11 is 0. The predicted molar refractivity (Wildman–Crippen MR) is 62.8 cm³/mol. The second kappa shape index (κ2) is 5.42. The van der Waals surface area contributed by atoms with Gasteiger partial charge in [0, 0.05) is 25.0 Å². The molecular weight excluding hydrogens is 216 g/mol. The maximum atomic E-state index is 8.47. The van der Waals surface area contributed by atoms with E-state index in [1.807, 2.05) is 12.1 Å². The third-order valence-electron chi connectivity index (χ3n) is 2.05. The molecular formula is C11H10N6. The second-order valence-corrected chi connectivity index (χ2v) is 3.24. The fourth-order valence-corrected chi connectivity index (χ4v) is 1.27. The highest BCUT2D eigenvalue weighted by Crippen LogP contribution is 2.09. The van der Waals surface area contributed by atoms with E-state index >= 15 is 0 Å². The van der Waals surface area contributed by atoms with Crippen LogP contribution in [0.5, 0.6) is 0 Å². The molecule has 0 aliphatic rings. The zero-order valence-electron chi connectivity index (χ0n) is 8.96. The Bertz CT molecular complexity index is 519. The molecule has 0 bridgehead atoms. The van der Waals surface area contributed by atoms with Crippen molar-refractivity contribution in [3.63, 3.8) is 0 Å². The lowest BCUT2D eigenvalue weighted by atomic mass is 10.3. The Balaban J connectivity index is 2.00. The van der Waals surface area contributed by atoms with E-state index in [9.17, 15) is 0 Å². The summed E-state index contributed by atoms with van der Waals surface area (Å²) in [5.74, 6) is 1.12. The molecule has 0 saturated heterocycles. The summed E-state index contributed by atoms with van der Waals surface area (Å²) in [6.07, 6.45) is 6.71. The zero-order chi connectivity index (χ0) is 11.9. The molecule has 0 spiro atoms. The van der Waals surface area contributed by atoms with E-state index in [-0.39, 0.29) is 0 Å². The van der Waals surface area contributed by atoms with Crippen LogP contribution in [0.2, 0.25) is 0 Å². The van der Waals surface area contributed by atoms with Gasteiger partial charge >= 0.3 is 0 Å². The van der Waals surface area contributed by atoms with E-state index in [0.717, 1.165) is 5.56 Å². The quantitative estimate of drug-likeness (QED) is 0.605. The average Bonchev–Trinajstić information content (AvgIpc) is 2.39. The molecule has 6 heteroatoms.